The smallest absolute Gasteiger partial charge is 0.146 e. The summed E-state index contributed by atoms with van der Waals surface area (Å²) in [4.78, 5) is 4.23. The molecule has 21 heavy (non-hydrogen) atoms. The zero-order chi connectivity index (χ0) is 14.7. The summed E-state index contributed by atoms with van der Waals surface area (Å²) in [5.74, 6) is 0.259. The second-order valence-electron chi connectivity index (χ2n) is 5.74. The molecule has 1 aromatic heterocycles. The molecular weight excluding hydrogens is 263 g/mol. The minimum absolute atomic E-state index is 0.0395. The average molecular weight is 284 g/mol. The molecular formula is C18H21FN2. The molecule has 3 rings (SSSR count). The van der Waals surface area contributed by atoms with Crippen LogP contribution in [0.15, 0.2) is 42.6 Å². The van der Waals surface area contributed by atoms with E-state index < -0.39 is 0 Å². The lowest BCUT2D eigenvalue weighted by Crippen LogP contribution is -2.23. The minimum atomic E-state index is -0.221. The Labute approximate surface area is 125 Å². The van der Waals surface area contributed by atoms with Crippen LogP contribution in [0.25, 0.3) is 0 Å². The van der Waals surface area contributed by atoms with E-state index in [2.05, 4.69) is 34.6 Å². The molecule has 2 aromatic rings. The van der Waals surface area contributed by atoms with Gasteiger partial charge in [0.25, 0.3) is 0 Å². The van der Waals surface area contributed by atoms with E-state index in [1.165, 1.54) is 30.0 Å². The summed E-state index contributed by atoms with van der Waals surface area (Å²) >= 11 is 0. The summed E-state index contributed by atoms with van der Waals surface area (Å²) in [7, 11) is 1.88. The first kappa shape index (κ1) is 14.2. The third-order valence-electron chi connectivity index (χ3n) is 4.48. The number of halogens is 1. The monoisotopic (exact) mass is 284 g/mol. The van der Waals surface area contributed by atoms with Gasteiger partial charge in [-0.15, -0.1) is 0 Å². The van der Waals surface area contributed by atoms with Crippen molar-refractivity contribution in [3.05, 3.63) is 65.2 Å². The van der Waals surface area contributed by atoms with Gasteiger partial charge in [0.05, 0.1) is 11.7 Å². The zero-order valence-corrected chi connectivity index (χ0v) is 12.3. The number of aromatic nitrogens is 1. The first-order valence-corrected chi connectivity index (χ1v) is 7.65. The van der Waals surface area contributed by atoms with E-state index in [4.69, 9.17) is 0 Å². The summed E-state index contributed by atoms with van der Waals surface area (Å²) in [6.07, 6.45) is 6.10. The van der Waals surface area contributed by atoms with Gasteiger partial charge in [-0.1, -0.05) is 24.3 Å². The van der Waals surface area contributed by atoms with Gasteiger partial charge in [0.2, 0.25) is 0 Å². The fraction of sp³-hybridized carbons (Fsp3) is 0.389. The van der Waals surface area contributed by atoms with Gasteiger partial charge >= 0.3 is 0 Å². The van der Waals surface area contributed by atoms with Gasteiger partial charge in [0.15, 0.2) is 0 Å². The van der Waals surface area contributed by atoms with E-state index >= 15 is 0 Å². The maximum absolute atomic E-state index is 14.0. The summed E-state index contributed by atoms with van der Waals surface area (Å²) in [5.41, 5.74) is 3.41. The topological polar surface area (TPSA) is 24.9 Å². The first-order valence-electron chi connectivity index (χ1n) is 7.65. The quantitative estimate of drug-likeness (QED) is 0.918. The highest BCUT2D eigenvalue weighted by molar-refractivity contribution is 5.33. The van der Waals surface area contributed by atoms with E-state index in [1.807, 2.05) is 7.05 Å². The molecule has 0 saturated heterocycles. The Balaban J connectivity index is 1.84. The highest BCUT2D eigenvalue weighted by Crippen LogP contribution is 2.37. The normalized spacial score (nSPS) is 19.0. The molecule has 0 amide bonds. The largest absolute Gasteiger partial charge is 0.312 e. The van der Waals surface area contributed by atoms with Crippen LogP contribution in [-0.2, 0) is 6.42 Å². The number of rotatable bonds is 4. The summed E-state index contributed by atoms with van der Waals surface area (Å²) in [6, 6.07) is 11.7. The predicted octanol–water partition coefficient (Wildman–Crippen LogP) is 3.99. The third kappa shape index (κ3) is 2.98. The lowest BCUT2D eigenvalue weighted by atomic mass is 9.79. The van der Waals surface area contributed by atoms with E-state index in [9.17, 15) is 4.39 Å². The number of aryl methyl sites for hydroxylation is 1. The first-order chi connectivity index (χ1) is 10.3. The van der Waals surface area contributed by atoms with Gasteiger partial charge in [-0.2, -0.15) is 0 Å². The molecule has 0 radical (unpaired) electrons. The maximum atomic E-state index is 14.0. The van der Waals surface area contributed by atoms with Crippen LogP contribution in [-0.4, -0.2) is 12.0 Å². The molecule has 0 fully saturated rings. The molecule has 2 nitrogen and oxygen atoms in total. The molecule has 1 N–H and O–H groups in total. The van der Waals surface area contributed by atoms with Crippen LogP contribution in [0.5, 0.6) is 0 Å². The second-order valence-corrected chi connectivity index (χ2v) is 5.74. The van der Waals surface area contributed by atoms with Crippen molar-refractivity contribution in [2.45, 2.75) is 37.6 Å². The lowest BCUT2D eigenvalue weighted by molar-refractivity contribution is 0.420. The standard InChI is InChI=1S/C18H21FN2/c1-20-17(18-16(19)10-5-11-21-18)12-14-8-4-7-13-6-2-3-9-15(13)14/h2-3,5-6,9-11,14,17,20H,4,7-8,12H2,1H3. The molecule has 2 unspecified atom stereocenters. The van der Waals surface area contributed by atoms with Crippen molar-refractivity contribution >= 4 is 0 Å². The van der Waals surface area contributed by atoms with Crippen molar-refractivity contribution in [3.8, 4) is 0 Å². The minimum Gasteiger partial charge on any atom is -0.312 e. The number of nitrogens with one attached hydrogen (secondary N) is 1. The fourth-order valence-electron chi connectivity index (χ4n) is 3.40. The van der Waals surface area contributed by atoms with Gasteiger partial charge in [-0.05, 0) is 61.9 Å². The lowest BCUT2D eigenvalue weighted by Gasteiger charge is -2.28. The van der Waals surface area contributed by atoms with Crippen LogP contribution in [0.2, 0.25) is 0 Å². The van der Waals surface area contributed by atoms with E-state index in [0.717, 1.165) is 12.8 Å². The van der Waals surface area contributed by atoms with Gasteiger partial charge in [-0.25, -0.2) is 4.39 Å². The predicted molar refractivity (Wildman–Crippen MR) is 82.7 cm³/mol. The number of benzene rings is 1. The Hall–Kier alpha value is -1.74. The number of fused-ring (bicyclic) bond motifs is 1. The Bertz CT molecular complexity index is 612. The average Bonchev–Trinajstić information content (AvgIpc) is 2.53. The van der Waals surface area contributed by atoms with Gasteiger partial charge in [0, 0.05) is 6.20 Å². The van der Waals surface area contributed by atoms with Crippen molar-refractivity contribution in [1.29, 1.82) is 0 Å². The fourth-order valence-corrected chi connectivity index (χ4v) is 3.40. The zero-order valence-electron chi connectivity index (χ0n) is 12.3. The maximum Gasteiger partial charge on any atom is 0.146 e. The van der Waals surface area contributed by atoms with Crippen molar-refractivity contribution in [3.63, 3.8) is 0 Å². The Morgan fingerprint density at radius 3 is 2.95 bits per heavy atom. The second kappa shape index (κ2) is 6.35. The Morgan fingerprint density at radius 2 is 2.14 bits per heavy atom. The highest BCUT2D eigenvalue weighted by Gasteiger charge is 2.25. The molecule has 1 heterocycles. The van der Waals surface area contributed by atoms with Crippen LogP contribution in [0.3, 0.4) is 0 Å². The van der Waals surface area contributed by atoms with Crippen LogP contribution >= 0.6 is 0 Å². The van der Waals surface area contributed by atoms with Crippen LogP contribution < -0.4 is 5.32 Å². The molecule has 2 atom stereocenters. The van der Waals surface area contributed by atoms with Gasteiger partial charge < -0.3 is 5.32 Å². The number of nitrogens with zero attached hydrogens (tertiary/aromatic N) is 1. The SMILES string of the molecule is CNC(CC1CCCc2ccccc21)c1ncccc1F. The number of pyridine rings is 1. The van der Waals surface area contributed by atoms with E-state index in [1.54, 1.807) is 12.3 Å². The molecule has 3 heteroatoms. The molecule has 1 aliphatic carbocycles. The summed E-state index contributed by atoms with van der Waals surface area (Å²) in [5, 5.41) is 3.23. The van der Waals surface area contributed by atoms with Crippen LogP contribution in [0.4, 0.5) is 4.39 Å². The number of hydrogen-bond acceptors (Lipinski definition) is 2. The molecule has 0 saturated carbocycles. The van der Waals surface area contributed by atoms with Crippen LogP contribution in [0, 0.1) is 5.82 Å². The van der Waals surface area contributed by atoms with Crippen LogP contribution in [0.1, 0.15) is 48.0 Å². The Morgan fingerprint density at radius 1 is 1.29 bits per heavy atom. The molecule has 0 spiro atoms. The third-order valence-corrected chi connectivity index (χ3v) is 4.48. The molecule has 0 bridgehead atoms. The van der Waals surface area contributed by atoms with Crippen molar-refractivity contribution in [1.82, 2.24) is 10.3 Å². The molecule has 1 aromatic carbocycles. The van der Waals surface area contributed by atoms with Crippen molar-refractivity contribution in [2.75, 3.05) is 7.05 Å². The molecule has 0 aliphatic heterocycles. The van der Waals surface area contributed by atoms with Crippen molar-refractivity contribution in [2.24, 2.45) is 0 Å². The Kier molecular flexibility index (Phi) is 4.30. The summed E-state index contributed by atoms with van der Waals surface area (Å²) in [6.45, 7) is 0. The molecule has 110 valence electrons. The van der Waals surface area contributed by atoms with Gasteiger partial charge in [-0.3, -0.25) is 4.98 Å². The molecule has 1 aliphatic rings. The van der Waals surface area contributed by atoms with E-state index in [0.29, 0.717) is 11.6 Å². The highest BCUT2D eigenvalue weighted by atomic mass is 19.1. The van der Waals surface area contributed by atoms with Crippen molar-refractivity contribution < 1.29 is 4.39 Å². The van der Waals surface area contributed by atoms with Gasteiger partial charge in [0.1, 0.15) is 5.82 Å². The number of hydrogen-bond donors (Lipinski definition) is 1. The van der Waals surface area contributed by atoms with E-state index in [-0.39, 0.29) is 11.9 Å². The summed E-state index contributed by atoms with van der Waals surface area (Å²) < 4.78 is 14.0.